The molecule has 1 saturated carbocycles. The van der Waals surface area contributed by atoms with Gasteiger partial charge in [-0.15, -0.1) is 0 Å². The topological polar surface area (TPSA) is 52.3 Å². The molecule has 1 fully saturated rings. The fourth-order valence-electron chi connectivity index (χ4n) is 2.51. The number of nitrogens with two attached hydrogens (primary N) is 1. The lowest BCUT2D eigenvalue weighted by Crippen LogP contribution is -2.15. The van der Waals surface area contributed by atoms with E-state index in [2.05, 4.69) is 0 Å². The molecule has 19 heavy (non-hydrogen) atoms. The van der Waals surface area contributed by atoms with Crippen molar-refractivity contribution in [1.29, 1.82) is 0 Å². The highest BCUT2D eigenvalue weighted by molar-refractivity contribution is 7.85. The minimum Gasteiger partial charge on any atom is -0.493 e. The molecule has 1 unspecified atom stereocenters. The number of hydrogen-bond acceptors (Lipinski definition) is 3. The summed E-state index contributed by atoms with van der Waals surface area (Å²) in [7, 11) is -0.665. The van der Waals surface area contributed by atoms with Crippen LogP contribution in [0.5, 0.6) is 5.75 Å². The molecule has 0 spiro atoms. The van der Waals surface area contributed by atoms with Crippen molar-refractivity contribution < 1.29 is 8.95 Å². The van der Waals surface area contributed by atoms with Gasteiger partial charge in [0.2, 0.25) is 0 Å². The van der Waals surface area contributed by atoms with Crippen LogP contribution >= 0.6 is 0 Å². The van der Waals surface area contributed by atoms with Gasteiger partial charge in [0.25, 0.3) is 0 Å². The van der Waals surface area contributed by atoms with E-state index in [9.17, 15) is 4.21 Å². The van der Waals surface area contributed by atoms with Crippen LogP contribution in [0.4, 0.5) is 0 Å². The molecule has 0 amide bonds. The maximum Gasteiger partial charge on any atom is 0.123 e. The van der Waals surface area contributed by atoms with Gasteiger partial charge in [0.15, 0.2) is 0 Å². The average Bonchev–Trinajstić information content (AvgIpc) is 2.98. The van der Waals surface area contributed by atoms with E-state index in [0.29, 0.717) is 18.4 Å². The average molecular weight is 281 g/mol. The molecular formula is C15H23NO2S. The van der Waals surface area contributed by atoms with Crippen molar-refractivity contribution in [2.45, 2.75) is 43.9 Å². The molecule has 1 aromatic rings. The molecule has 0 bridgehead atoms. The van der Waals surface area contributed by atoms with Gasteiger partial charge < -0.3 is 10.5 Å². The Morgan fingerprint density at radius 2 is 2.00 bits per heavy atom. The Bertz CT molecular complexity index is 416. The van der Waals surface area contributed by atoms with Gasteiger partial charge >= 0.3 is 0 Å². The van der Waals surface area contributed by atoms with Crippen molar-refractivity contribution in [2.24, 2.45) is 5.73 Å². The molecule has 1 atom stereocenters. The summed E-state index contributed by atoms with van der Waals surface area (Å²) in [5, 5.41) is 0.441. The van der Waals surface area contributed by atoms with Gasteiger partial charge in [-0.05, 0) is 25.3 Å². The summed E-state index contributed by atoms with van der Waals surface area (Å²) < 4.78 is 17.7. The Kier molecular flexibility index (Phi) is 5.86. The molecule has 3 nitrogen and oxygen atoms in total. The summed E-state index contributed by atoms with van der Waals surface area (Å²) in [4.78, 5) is 0. The quantitative estimate of drug-likeness (QED) is 0.782. The number of rotatable bonds is 7. The fraction of sp³-hybridized carbons (Fsp3) is 0.600. The Hall–Kier alpha value is -0.870. The van der Waals surface area contributed by atoms with Gasteiger partial charge in [0.05, 0.1) is 6.61 Å². The van der Waals surface area contributed by atoms with Crippen LogP contribution in [-0.4, -0.2) is 21.8 Å². The third-order valence-electron chi connectivity index (χ3n) is 3.61. The molecule has 1 aromatic carbocycles. The lowest BCUT2D eigenvalue weighted by atomic mass is 10.2. The first-order chi connectivity index (χ1) is 9.31. The van der Waals surface area contributed by atoms with Crippen LogP contribution in [0.25, 0.3) is 0 Å². The third kappa shape index (κ3) is 4.32. The van der Waals surface area contributed by atoms with E-state index >= 15 is 0 Å². The second-order valence-corrected chi connectivity index (χ2v) is 6.84. The van der Waals surface area contributed by atoms with Gasteiger partial charge in [0, 0.05) is 33.9 Å². The Balaban J connectivity index is 1.70. The van der Waals surface area contributed by atoms with Gasteiger partial charge in [-0.25, -0.2) is 0 Å². The van der Waals surface area contributed by atoms with Crippen molar-refractivity contribution >= 4 is 10.8 Å². The maximum absolute atomic E-state index is 12.0. The summed E-state index contributed by atoms with van der Waals surface area (Å²) in [6.45, 7) is 1.11. The van der Waals surface area contributed by atoms with Crippen molar-refractivity contribution in [1.82, 2.24) is 0 Å². The van der Waals surface area contributed by atoms with E-state index < -0.39 is 10.8 Å². The van der Waals surface area contributed by atoms with Crippen molar-refractivity contribution in [3.63, 3.8) is 0 Å². The zero-order valence-electron chi connectivity index (χ0n) is 11.3. The minimum atomic E-state index is -0.665. The zero-order valence-corrected chi connectivity index (χ0v) is 12.2. The largest absolute Gasteiger partial charge is 0.493 e. The van der Waals surface area contributed by atoms with Crippen molar-refractivity contribution in [3.8, 4) is 5.75 Å². The second-order valence-electron chi connectivity index (χ2n) is 5.01. The summed E-state index contributed by atoms with van der Waals surface area (Å²) in [6.07, 6.45) is 5.63. The molecule has 0 radical (unpaired) electrons. The monoisotopic (exact) mass is 281 g/mol. The molecule has 1 aliphatic rings. The molecule has 2 rings (SSSR count). The summed E-state index contributed by atoms with van der Waals surface area (Å²) in [5.74, 6) is 1.62. The highest BCUT2D eigenvalue weighted by atomic mass is 32.2. The van der Waals surface area contributed by atoms with E-state index in [4.69, 9.17) is 10.5 Å². The number of benzene rings is 1. The van der Waals surface area contributed by atoms with E-state index in [1.165, 1.54) is 12.8 Å². The van der Waals surface area contributed by atoms with E-state index in [0.717, 1.165) is 36.3 Å². The molecule has 0 heterocycles. The molecule has 0 aromatic heterocycles. The number of para-hydroxylation sites is 1. The summed E-state index contributed by atoms with van der Waals surface area (Å²) in [5.41, 5.74) is 6.68. The first-order valence-electron chi connectivity index (χ1n) is 7.09. The highest BCUT2D eigenvalue weighted by Gasteiger charge is 2.20. The first-order valence-corrected chi connectivity index (χ1v) is 8.47. The molecule has 2 N–H and O–H groups in total. The highest BCUT2D eigenvalue weighted by Crippen LogP contribution is 2.23. The zero-order chi connectivity index (χ0) is 13.5. The van der Waals surface area contributed by atoms with E-state index in [1.807, 2.05) is 24.3 Å². The fourth-order valence-corrected chi connectivity index (χ4v) is 4.11. The SMILES string of the molecule is NCc1ccccc1OCCCS(=O)C1CCCC1. The molecule has 0 aliphatic heterocycles. The van der Waals surface area contributed by atoms with Crippen LogP contribution in [-0.2, 0) is 17.3 Å². The summed E-state index contributed by atoms with van der Waals surface area (Å²) >= 11 is 0. The van der Waals surface area contributed by atoms with Crippen LogP contribution in [0.3, 0.4) is 0 Å². The summed E-state index contributed by atoms with van der Waals surface area (Å²) in [6, 6.07) is 7.83. The van der Waals surface area contributed by atoms with E-state index in [-0.39, 0.29) is 0 Å². The van der Waals surface area contributed by atoms with Crippen molar-refractivity contribution in [2.75, 3.05) is 12.4 Å². The molecular weight excluding hydrogens is 258 g/mol. The molecule has 1 aliphatic carbocycles. The lowest BCUT2D eigenvalue weighted by Gasteiger charge is -2.11. The minimum absolute atomic E-state index is 0.441. The van der Waals surface area contributed by atoms with Crippen molar-refractivity contribution in [3.05, 3.63) is 29.8 Å². The lowest BCUT2D eigenvalue weighted by molar-refractivity contribution is 0.315. The Morgan fingerprint density at radius 3 is 2.74 bits per heavy atom. The standard InChI is InChI=1S/C15H23NO2S/c16-12-13-6-1-4-9-15(13)18-10-5-11-19(17)14-7-2-3-8-14/h1,4,6,9,14H,2-3,5,7-8,10-12,16H2. The number of ether oxygens (including phenoxy) is 1. The van der Waals surface area contributed by atoms with Crippen LogP contribution in [0, 0.1) is 0 Å². The predicted octanol–water partition coefficient (Wildman–Crippen LogP) is 2.61. The normalized spacial score (nSPS) is 17.5. The number of hydrogen-bond donors (Lipinski definition) is 1. The molecule has 0 saturated heterocycles. The predicted molar refractivity (Wildman–Crippen MR) is 79.7 cm³/mol. The molecule has 4 heteroatoms. The van der Waals surface area contributed by atoms with Gasteiger partial charge in [-0.2, -0.15) is 0 Å². The van der Waals surface area contributed by atoms with E-state index in [1.54, 1.807) is 0 Å². The van der Waals surface area contributed by atoms with Gasteiger partial charge in [-0.1, -0.05) is 31.0 Å². The molecule has 106 valence electrons. The smallest absolute Gasteiger partial charge is 0.123 e. The van der Waals surface area contributed by atoms with Crippen LogP contribution in [0.2, 0.25) is 0 Å². The maximum atomic E-state index is 12.0. The van der Waals surface area contributed by atoms with Crippen LogP contribution in [0.1, 0.15) is 37.7 Å². The Labute approximate surface area is 118 Å². The van der Waals surface area contributed by atoms with Crippen LogP contribution < -0.4 is 10.5 Å². The third-order valence-corrected chi connectivity index (χ3v) is 5.52. The van der Waals surface area contributed by atoms with Gasteiger partial charge in [-0.3, -0.25) is 4.21 Å². The first kappa shape index (κ1) is 14.5. The van der Waals surface area contributed by atoms with Gasteiger partial charge in [0.1, 0.15) is 5.75 Å². The second kappa shape index (κ2) is 7.65. The van der Waals surface area contributed by atoms with Crippen LogP contribution in [0.15, 0.2) is 24.3 Å². The Morgan fingerprint density at radius 1 is 1.26 bits per heavy atom.